The van der Waals surface area contributed by atoms with E-state index in [2.05, 4.69) is 33.2 Å². The summed E-state index contributed by atoms with van der Waals surface area (Å²) in [4.78, 5) is 4.53. The second-order valence-corrected chi connectivity index (χ2v) is 8.11. The minimum absolute atomic E-state index is 0.211. The van der Waals surface area contributed by atoms with Crippen molar-refractivity contribution in [2.24, 2.45) is 4.99 Å². The largest absolute Gasteiger partial charge is 0.460 e. The summed E-state index contributed by atoms with van der Waals surface area (Å²) in [5, 5.41) is 3.38. The maximum Gasteiger partial charge on any atom is 0.290 e. The van der Waals surface area contributed by atoms with Crippen LogP contribution in [0, 0.1) is 0 Å². The van der Waals surface area contributed by atoms with Crippen molar-refractivity contribution >= 4 is 27.4 Å². The molecule has 0 radical (unpaired) electrons. The third-order valence-electron chi connectivity index (χ3n) is 4.40. The average Bonchev–Trinajstić information content (AvgIpc) is 2.97. The molecule has 0 spiro atoms. The SMILES string of the molecule is CS(=O)(=O)Nc1ccc2c(c1)COC(NC1CCc3ccccc31)=N2. The number of benzene rings is 2. The number of hydrogen-bond donors (Lipinski definition) is 2. The first-order valence-electron chi connectivity index (χ1n) is 8.14. The number of nitrogens with zero attached hydrogens (tertiary/aromatic N) is 1. The quantitative estimate of drug-likeness (QED) is 0.885. The highest BCUT2D eigenvalue weighted by Gasteiger charge is 2.24. The molecule has 1 aliphatic carbocycles. The molecule has 0 amide bonds. The fourth-order valence-electron chi connectivity index (χ4n) is 3.31. The Morgan fingerprint density at radius 1 is 1.16 bits per heavy atom. The molecule has 7 heteroatoms. The normalized spacial score (nSPS) is 18.6. The van der Waals surface area contributed by atoms with E-state index in [1.807, 2.05) is 6.07 Å². The molecule has 0 saturated carbocycles. The second-order valence-electron chi connectivity index (χ2n) is 6.36. The number of rotatable bonds is 3. The van der Waals surface area contributed by atoms with Crippen molar-refractivity contribution in [3.63, 3.8) is 0 Å². The summed E-state index contributed by atoms with van der Waals surface area (Å²) in [6.45, 7) is 0.356. The molecule has 0 bridgehead atoms. The lowest BCUT2D eigenvalue weighted by molar-refractivity contribution is 0.266. The average molecular weight is 357 g/mol. The van der Waals surface area contributed by atoms with E-state index in [4.69, 9.17) is 4.74 Å². The first-order chi connectivity index (χ1) is 12.0. The van der Waals surface area contributed by atoms with Crippen molar-refractivity contribution in [3.8, 4) is 0 Å². The van der Waals surface area contributed by atoms with Gasteiger partial charge in [-0.15, -0.1) is 0 Å². The van der Waals surface area contributed by atoms with Gasteiger partial charge in [0.1, 0.15) is 6.61 Å². The molecule has 0 fully saturated rings. The molecule has 130 valence electrons. The van der Waals surface area contributed by atoms with Crippen LogP contribution in [0.1, 0.15) is 29.2 Å². The van der Waals surface area contributed by atoms with Gasteiger partial charge in [0, 0.05) is 11.3 Å². The topological polar surface area (TPSA) is 79.8 Å². The van der Waals surface area contributed by atoms with Crippen LogP contribution < -0.4 is 10.0 Å². The zero-order chi connectivity index (χ0) is 17.4. The van der Waals surface area contributed by atoms with Crippen LogP contribution in [0.5, 0.6) is 0 Å². The number of anilines is 1. The summed E-state index contributed by atoms with van der Waals surface area (Å²) in [6, 6.07) is 14.4. The summed E-state index contributed by atoms with van der Waals surface area (Å²) in [6.07, 6.45) is 3.20. The van der Waals surface area contributed by atoms with Gasteiger partial charge in [0.2, 0.25) is 10.0 Å². The van der Waals surface area contributed by atoms with Crippen molar-refractivity contribution in [2.75, 3.05) is 11.0 Å². The predicted octanol–water partition coefficient (Wildman–Crippen LogP) is 2.85. The van der Waals surface area contributed by atoms with Crippen molar-refractivity contribution in [2.45, 2.75) is 25.5 Å². The van der Waals surface area contributed by atoms with Crippen LogP contribution in [0.15, 0.2) is 47.5 Å². The maximum absolute atomic E-state index is 11.3. The Kier molecular flexibility index (Phi) is 3.88. The molecular formula is C18H19N3O3S. The lowest BCUT2D eigenvalue weighted by Crippen LogP contribution is -2.30. The summed E-state index contributed by atoms with van der Waals surface area (Å²) in [7, 11) is -3.30. The van der Waals surface area contributed by atoms with Crippen LogP contribution in [0.4, 0.5) is 11.4 Å². The van der Waals surface area contributed by atoms with Gasteiger partial charge in [0.05, 0.1) is 18.0 Å². The minimum atomic E-state index is -3.30. The summed E-state index contributed by atoms with van der Waals surface area (Å²) >= 11 is 0. The number of sulfonamides is 1. The Morgan fingerprint density at radius 2 is 2.00 bits per heavy atom. The van der Waals surface area contributed by atoms with Crippen LogP contribution in [0.3, 0.4) is 0 Å². The van der Waals surface area contributed by atoms with Crippen molar-refractivity contribution in [3.05, 3.63) is 59.2 Å². The van der Waals surface area contributed by atoms with Gasteiger partial charge in [-0.05, 0) is 42.2 Å². The van der Waals surface area contributed by atoms with Gasteiger partial charge < -0.3 is 10.1 Å². The maximum atomic E-state index is 11.3. The van der Waals surface area contributed by atoms with E-state index in [0.29, 0.717) is 18.3 Å². The predicted molar refractivity (Wildman–Crippen MR) is 97.4 cm³/mol. The van der Waals surface area contributed by atoms with Crippen molar-refractivity contribution < 1.29 is 13.2 Å². The Labute approximate surface area is 147 Å². The Hall–Kier alpha value is -2.54. The van der Waals surface area contributed by atoms with Crippen LogP contribution >= 0.6 is 0 Å². The first kappa shape index (κ1) is 16.0. The van der Waals surface area contributed by atoms with Crippen LogP contribution in [0.2, 0.25) is 0 Å². The van der Waals surface area contributed by atoms with Gasteiger partial charge in [-0.2, -0.15) is 4.99 Å². The first-order valence-corrected chi connectivity index (χ1v) is 10.0. The highest BCUT2D eigenvalue weighted by molar-refractivity contribution is 7.92. The molecule has 2 N–H and O–H groups in total. The van der Waals surface area contributed by atoms with E-state index >= 15 is 0 Å². The van der Waals surface area contributed by atoms with Gasteiger partial charge in [-0.25, -0.2) is 8.42 Å². The number of fused-ring (bicyclic) bond motifs is 2. The Bertz CT molecular complexity index is 954. The molecule has 2 aliphatic rings. The molecule has 1 atom stereocenters. The van der Waals surface area contributed by atoms with Crippen molar-refractivity contribution in [1.82, 2.24) is 5.32 Å². The molecule has 2 aromatic rings. The Morgan fingerprint density at radius 3 is 2.84 bits per heavy atom. The molecule has 1 aliphatic heterocycles. The summed E-state index contributed by atoms with van der Waals surface area (Å²) in [5.41, 5.74) is 4.83. The molecule has 1 unspecified atom stereocenters. The molecule has 1 heterocycles. The standard InChI is InChI=1S/C18H19N3O3S/c1-25(22,23)21-14-7-9-16-13(10-14)11-24-18(19-16)20-17-8-6-12-4-2-3-5-15(12)17/h2-5,7,9-10,17,21H,6,8,11H2,1H3,(H,19,20). The Balaban J connectivity index is 1.53. The van der Waals surface area contributed by atoms with E-state index in [1.54, 1.807) is 18.2 Å². The van der Waals surface area contributed by atoms with Crippen LogP contribution in [-0.4, -0.2) is 20.7 Å². The summed E-state index contributed by atoms with van der Waals surface area (Å²) in [5.74, 6) is 0. The highest BCUT2D eigenvalue weighted by Crippen LogP contribution is 2.32. The smallest absolute Gasteiger partial charge is 0.290 e. The molecule has 25 heavy (non-hydrogen) atoms. The molecule has 6 nitrogen and oxygen atoms in total. The van der Waals surface area contributed by atoms with E-state index < -0.39 is 10.0 Å². The minimum Gasteiger partial charge on any atom is -0.460 e. The second kappa shape index (κ2) is 6.07. The number of hydrogen-bond acceptors (Lipinski definition) is 5. The number of aryl methyl sites for hydroxylation is 1. The van der Waals surface area contributed by atoms with E-state index in [1.165, 1.54) is 11.1 Å². The molecule has 2 aromatic carbocycles. The van der Waals surface area contributed by atoms with E-state index in [9.17, 15) is 8.42 Å². The fourth-order valence-corrected chi connectivity index (χ4v) is 3.86. The highest BCUT2D eigenvalue weighted by atomic mass is 32.2. The molecular weight excluding hydrogens is 338 g/mol. The van der Waals surface area contributed by atoms with Gasteiger partial charge in [0.25, 0.3) is 6.02 Å². The van der Waals surface area contributed by atoms with E-state index in [0.717, 1.165) is 30.3 Å². The third kappa shape index (κ3) is 3.46. The number of amidine groups is 1. The number of aliphatic imine (C=N–C) groups is 1. The van der Waals surface area contributed by atoms with Gasteiger partial charge in [-0.1, -0.05) is 24.3 Å². The molecule has 0 aromatic heterocycles. The fraction of sp³-hybridized carbons (Fsp3) is 0.278. The lowest BCUT2D eigenvalue weighted by Gasteiger charge is -2.22. The third-order valence-corrected chi connectivity index (χ3v) is 5.01. The monoisotopic (exact) mass is 357 g/mol. The molecule has 4 rings (SSSR count). The summed E-state index contributed by atoms with van der Waals surface area (Å²) < 4.78 is 30.9. The van der Waals surface area contributed by atoms with Crippen LogP contribution in [-0.2, 0) is 27.8 Å². The van der Waals surface area contributed by atoms with Crippen LogP contribution in [0.25, 0.3) is 0 Å². The van der Waals surface area contributed by atoms with Gasteiger partial charge in [0.15, 0.2) is 0 Å². The van der Waals surface area contributed by atoms with Crippen molar-refractivity contribution in [1.29, 1.82) is 0 Å². The van der Waals surface area contributed by atoms with Gasteiger partial charge >= 0.3 is 0 Å². The number of ether oxygens (including phenoxy) is 1. The lowest BCUT2D eigenvalue weighted by atomic mass is 10.1. The van der Waals surface area contributed by atoms with Gasteiger partial charge in [-0.3, -0.25) is 4.72 Å². The zero-order valence-electron chi connectivity index (χ0n) is 13.8. The van der Waals surface area contributed by atoms with E-state index in [-0.39, 0.29) is 6.04 Å². The zero-order valence-corrected chi connectivity index (χ0v) is 14.6. The number of nitrogens with one attached hydrogen (secondary N) is 2. The molecule has 0 saturated heterocycles.